The smallest absolute Gasteiger partial charge is 0.228 e. The lowest BCUT2D eigenvalue weighted by molar-refractivity contribution is -0.115. The molecule has 2 aromatic carbocycles. The molecule has 1 N–H and O–H groups in total. The van der Waals surface area contributed by atoms with Crippen molar-refractivity contribution in [3.05, 3.63) is 71.0 Å². The average molecular weight is 381 g/mol. The van der Waals surface area contributed by atoms with Crippen molar-refractivity contribution in [1.29, 1.82) is 0 Å². The number of amides is 1. The standard InChI is InChI=1S/C20H17ClN4O2/c1-12-3-5-16-14(9-27-20(16)13(12)2)7-19(26)24-17-8-15(21)4-6-18(17)25-11-22-10-23-25/h3-6,8-11H,7H2,1-2H3,(H,24,26). The van der Waals surface area contributed by atoms with Crippen LogP contribution in [0.1, 0.15) is 16.7 Å². The molecule has 4 aromatic rings. The zero-order chi connectivity index (χ0) is 19.0. The quantitative estimate of drug-likeness (QED) is 0.567. The summed E-state index contributed by atoms with van der Waals surface area (Å²) in [5.41, 5.74) is 5.16. The van der Waals surface area contributed by atoms with Gasteiger partial charge in [-0.15, -0.1) is 0 Å². The molecule has 0 aliphatic carbocycles. The molecule has 0 spiro atoms. The zero-order valence-electron chi connectivity index (χ0n) is 14.9. The molecule has 0 atom stereocenters. The number of furan rings is 1. The van der Waals surface area contributed by atoms with E-state index in [2.05, 4.69) is 15.4 Å². The Kier molecular flexibility index (Phi) is 4.41. The molecule has 0 saturated heterocycles. The number of rotatable bonds is 4. The second-order valence-corrected chi connectivity index (χ2v) is 6.81. The Morgan fingerprint density at radius 1 is 1.26 bits per heavy atom. The third-order valence-electron chi connectivity index (χ3n) is 4.59. The molecule has 0 fully saturated rings. The van der Waals surface area contributed by atoms with Gasteiger partial charge >= 0.3 is 0 Å². The summed E-state index contributed by atoms with van der Waals surface area (Å²) in [6.07, 6.45) is 4.83. The second-order valence-electron chi connectivity index (χ2n) is 6.37. The minimum atomic E-state index is -0.167. The first-order valence-electron chi connectivity index (χ1n) is 8.43. The van der Waals surface area contributed by atoms with E-state index >= 15 is 0 Å². The number of nitrogens with one attached hydrogen (secondary N) is 1. The molecule has 0 saturated carbocycles. The van der Waals surface area contributed by atoms with Crippen LogP contribution in [-0.2, 0) is 11.2 Å². The number of carbonyl (C=O) groups is 1. The van der Waals surface area contributed by atoms with Gasteiger partial charge in [-0.2, -0.15) is 5.10 Å². The van der Waals surface area contributed by atoms with Crippen molar-refractivity contribution in [2.75, 3.05) is 5.32 Å². The van der Waals surface area contributed by atoms with Crippen molar-refractivity contribution in [2.24, 2.45) is 0 Å². The Morgan fingerprint density at radius 2 is 2.11 bits per heavy atom. The van der Waals surface area contributed by atoms with Gasteiger partial charge < -0.3 is 9.73 Å². The van der Waals surface area contributed by atoms with E-state index in [1.807, 2.05) is 26.0 Å². The van der Waals surface area contributed by atoms with Crippen LogP contribution in [0.25, 0.3) is 16.7 Å². The van der Waals surface area contributed by atoms with Crippen molar-refractivity contribution in [3.8, 4) is 5.69 Å². The molecule has 27 heavy (non-hydrogen) atoms. The van der Waals surface area contributed by atoms with Crippen LogP contribution >= 0.6 is 11.6 Å². The molecule has 6 nitrogen and oxygen atoms in total. The van der Waals surface area contributed by atoms with Gasteiger partial charge in [-0.3, -0.25) is 4.79 Å². The number of benzene rings is 2. The van der Waals surface area contributed by atoms with E-state index in [9.17, 15) is 4.79 Å². The maximum Gasteiger partial charge on any atom is 0.228 e. The highest BCUT2D eigenvalue weighted by atomic mass is 35.5. The van der Waals surface area contributed by atoms with Gasteiger partial charge in [0, 0.05) is 16.0 Å². The highest BCUT2D eigenvalue weighted by molar-refractivity contribution is 6.31. The van der Waals surface area contributed by atoms with Crippen molar-refractivity contribution in [3.63, 3.8) is 0 Å². The minimum Gasteiger partial charge on any atom is -0.464 e. The molecule has 136 valence electrons. The molecule has 7 heteroatoms. The number of aryl methyl sites for hydroxylation is 2. The third-order valence-corrected chi connectivity index (χ3v) is 4.83. The minimum absolute atomic E-state index is 0.167. The number of hydrogen-bond donors (Lipinski definition) is 1. The number of carbonyl (C=O) groups excluding carboxylic acids is 1. The fourth-order valence-electron chi connectivity index (χ4n) is 3.03. The van der Waals surface area contributed by atoms with E-state index in [0.29, 0.717) is 16.4 Å². The highest BCUT2D eigenvalue weighted by Gasteiger charge is 2.15. The van der Waals surface area contributed by atoms with E-state index in [1.165, 1.54) is 6.33 Å². The monoisotopic (exact) mass is 380 g/mol. The van der Waals surface area contributed by atoms with Gasteiger partial charge in [0.05, 0.1) is 24.1 Å². The molecule has 2 heterocycles. The first kappa shape index (κ1) is 17.3. The zero-order valence-corrected chi connectivity index (χ0v) is 15.6. The Balaban J connectivity index is 1.61. The predicted molar refractivity (Wildman–Crippen MR) is 104 cm³/mol. The van der Waals surface area contributed by atoms with E-state index in [0.717, 1.165) is 27.7 Å². The number of hydrogen-bond acceptors (Lipinski definition) is 4. The van der Waals surface area contributed by atoms with Crippen molar-refractivity contribution in [2.45, 2.75) is 20.3 Å². The van der Waals surface area contributed by atoms with Crippen LogP contribution in [-0.4, -0.2) is 20.7 Å². The number of nitrogens with zero attached hydrogens (tertiary/aromatic N) is 3. The summed E-state index contributed by atoms with van der Waals surface area (Å²) in [5.74, 6) is -0.167. The molecule has 1 amide bonds. The SMILES string of the molecule is Cc1ccc2c(CC(=O)Nc3cc(Cl)ccc3-n3cncn3)coc2c1C. The summed E-state index contributed by atoms with van der Waals surface area (Å²) in [4.78, 5) is 16.6. The molecule has 0 radical (unpaired) electrons. The van der Waals surface area contributed by atoms with Gasteiger partial charge in [-0.1, -0.05) is 23.7 Å². The molecule has 0 bridgehead atoms. The van der Waals surface area contributed by atoms with Crippen LogP contribution in [0.5, 0.6) is 0 Å². The van der Waals surface area contributed by atoms with Gasteiger partial charge in [-0.25, -0.2) is 9.67 Å². The summed E-state index contributed by atoms with van der Waals surface area (Å²) in [7, 11) is 0. The summed E-state index contributed by atoms with van der Waals surface area (Å²) in [6.45, 7) is 4.05. The lowest BCUT2D eigenvalue weighted by Crippen LogP contribution is -2.16. The Bertz CT molecular complexity index is 1130. The summed E-state index contributed by atoms with van der Waals surface area (Å²) < 4.78 is 7.26. The van der Waals surface area contributed by atoms with Crippen LogP contribution < -0.4 is 5.32 Å². The largest absolute Gasteiger partial charge is 0.464 e. The molecule has 0 aliphatic rings. The molecule has 0 unspecified atom stereocenters. The fraction of sp³-hybridized carbons (Fsp3) is 0.150. The number of aromatic nitrogens is 3. The predicted octanol–water partition coefficient (Wildman–Crippen LogP) is 4.46. The topological polar surface area (TPSA) is 73.0 Å². The van der Waals surface area contributed by atoms with Gasteiger partial charge in [-0.05, 0) is 43.2 Å². The van der Waals surface area contributed by atoms with Crippen LogP contribution in [0.4, 0.5) is 5.69 Å². The summed E-state index contributed by atoms with van der Waals surface area (Å²) >= 11 is 6.10. The molecule has 0 aliphatic heterocycles. The number of anilines is 1. The van der Waals surface area contributed by atoms with E-state index in [-0.39, 0.29) is 12.3 Å². The normalized spacial score (nSPS) is 11.1. The van der Waals surface area contributed by atoms with Crippen molar-refractivity contribution < 1.29 is 9.21 Å². The van der Waals surface area contributed by atoms with Gasteiger partial charge in [0.1, 0.15) is 18.2 Å². The summed E-state index contributed by atoms with van der Waals surface area (Å²) in [6, 6.07) is 9.24. The maximum atomic E-state index is 12.7. The maximum absolute atomic E-state index is 12.7. The third kappa shape index (κ3) is 3.31. The molecular weight excluding hydrogens is 364 g/mol. The molecule has 4 rings (SSSR count). The van der Waals surface area contributed by atoms with E-state index in [1.54, 1.807) is 35.5 Å². The van der Waals surface area contributed by atoms with Gasteiger partial charge in [0.25, 0.3) is 0 Å². The van der Waals surface area contributed by atoms with Crippen LogP contribution in [0.15, 0.2) is 53.7 Å². The van der Waals surface area contributed by atoms with Gasteiger partial charge in [0.2, 0.25) is 5.91 Å². The Labute approximate surface area is 160 Å². The first-order chi connectivity index (χ1) is 13.0. The Morgan fingerprint density at radius 3 is 2.89 bits per heavy atom. The summed E-state index contributed by atoms with van der Waals surface area (Å²) in [5, 5.41) is 8.51. The lowest BCUT2D eigenvalue weighted by Gasteiger charge is -2.11. The number of fused-ring (bicyclic) bond motifs is 1. The first-order valence-corrected chi connectivity index (χ1v) is 8.81. The van der Waals surface area contributed by atoms with E-state index in [4.69, 9.17) is 16.0 Å². The van der Waals surface area contributed by atoms with Crippen LogP contribution in [0.2, 0.25) is 5.02 Å². The molecule has 2 aromatic heterocycles. The second kappa shape index (κ2) is 6.89. The molecular formula is C20H17ClN4O2. The fourth-order valence-corrected chi connectivity index (χ4v) is 3.21. The van der Waals surface area contributed by atoms with Crippen LogP contribution in [0, 0.1) is 13.8 Å². The van der Waals surface area contributed by atoms with Crippen molar-refractivity contribution >= 4 is 34.2 Å². The van der Waals surface area contributed by atoms with Crippen molar-refractivity contribution in [1.82, 2.24) is 14.8 Å². The van der Waals surface area contributed by atoms with E-state index < -0.39 is 0 Å². The average Bonchev–Trinajstić information content (AvgIpc) is 3.29. The number of halogens is 1. The van der Waals surface area contributed by atoms with Crippen LogP contribution in [0.3, 0.4) is 0 Å². The Hall–Kier alpha value is -3.12. The lowest BCUT2D eigenvalue weighted by atomic mass is 10.0. The highest BCUT2D eigenvalue weighted by Crippen LogP contribution is 2.28. The van der Waals surface area contributed by atoms with Gasteiger partial charge in [0.15, 0.2) is 0 Å².